The van der Waals surface area contributed by atoms with Crippen LogP contribution in [0, 0.1) is 5.92 Å². The fourth-order valence-corrected chi connectivity index (χ4v) is 1.93. The van der Waals surface area contributed by atoms with Gasteiger partial charge in [-0.2, -0.15) is 0 Å². The van der Waals surface area contributed by atoms with Crippen molar-refractivity contribution in [2.45, 2.75) is 38.8 Å². The Labute approximate surface area is 85.1 Å². The number of rotatable bonds is 3. The van der Waals surface area contributed by atoms with Crippen LogP contribution in [0.1, 0.15) is 26.7 Å². The van der Waals surface area contributed by atoms with E-state index in [1.807, 2.05) is 6.92 Å². The molecular formula is C10H20N2O2. The number of likely N-dealkylation sites (tertiary alicyclic amines) is 1. The quantitative estimate of drug-likeness (QED) is 0.697. The minimum absolute atomic E-state index is 0.0823. The Morgan fingerprint density at radius 2 is 2.21 bits per heavy atom. The molecule has 1 aliphatic heterocycles. The van der Waals surface area contributed by atoms with Gasteiger partial charge < -0.3 is 10.8 Å². The molecule has 2 unspecified atom stereocenters. The van der Waals surface area contributed by atoms with Crippen LogP contribution in [0.15, 0.2) is 0 Å². The zero-order chi connectivity index (χ0) is 10.7. The molecule has 14 heavy (non-hydrogen) atoms. The summed E-state index contributed by atoms with van der Waals surface area (Å²) in [5.41, 5.74) is 5.85. The van der Waals surface area contributed by atoms with Crippen LogP contribution in [0.4, 0.5) is 0 Å². The molecule has 1 aliphatic rings. The highest BCUT2D eigenvalue weighted by molar-refractivity contribution is 5.70. The summed E-state index contributed by atoms with van der Waals surface area (Å²) in [5.74, 6) is -1.04. The molecule has 4 nitrogen and oxygen atoms in total. The van der Waals surface area contributed by atoms with Crippen LogP contribution in [-0.2, 0) is 4.79 Å². The van der Waals surface area contributed by atoms with Gasteiger partial charge in [0, 0.05) is 18.6 Å². The van der Waals surface area contributed by atoms with E-state index in [0.29, 0.717) is 0 Å². The number of hydrogen-bond acceptors (Lipinski definition) is 3. The number of hydrogen-bond donors (Lipinski definition) is 2. The molecule has 0 aliphatic carbocycles. The fraction of sp³-hybridized carbons (Fsp3) is 0.900. The highest BCUT2D eigenvalue weighted by Crippen LogP contribution is 2.16. The predicted molar refractivity (Wildman–Crippen MR) is 55.0 cm³/mol. The van der Waals surface area contributed by atoms with Gasteiger partial charge in [-0.25, -0.2) is 0 Å². The van der Waals surface area contributed by atoms with Crippen molar-refractivity contribution in [1.29, 1.82) is 0 Å². The SMILES string of the molecule is CC(C(=O)O)C(C)N1CCC[C@@H](N)C1. The smallest absolute Gasteiger partial charge is 0.307 e. The Bertz CT molecular complexity index is 208. The van der Waals surface area contributed by atoms with Crippen molar-refractivity contribution in [2.24, 2.45) is 11.7 Å². The maximum atomic E-state index is 10.8. The van der Waals surface area contributed by atoms with E-state index < -0.39 is 5.97 Å². The van der Waals surface area contributed by atoms with Crippen molar-refractivity contribution in [3.05, 3.63) is 0 Å². The molecular weight excluding hydrogens is 180 g/mol. The van der Waals surface area contributed by atoms with Crippen molar-refractivity contribution in [1.82, 2.24) is 4.90 Å². The molecule has 4 heteroatoms. The summed E-state index contributed by atoms with van der Waals surface area (Å²) >= 11 is 0. The van der Waals surface area contributed by atoms with E-state index >= 15 is 0 Å². The van der Waals surface area contributed by atoms with Crippen LogP contribution in [0.3, 0.4) is 0 Å². The highest BCUT2D eigenvalue weighted by atomic mass is 16.4. The van der Waals surface area contributed by atoms with E-state index in [4.69, 9.17) is 10.8 Å². The van der Waals surface area contributed by atoms with Gasteiger partial charge in [0.2, 0.25) is 0 Å². The number of aliphatic carboxylic acids is 1. The third kappa shape index (κ3) is 2.69. The lowest BCUT2D eigenvalue weighted by Crippen LogP contribution is -2.49. The molecule has 0 aromatic carbocycles. The molecule has 3 N–H and O–H groups in total. The molecule has 0 bridgehead atoms. The number of piperidine rings is 1. The molecule has 1 rings (SSSR count). The van der Waals surface area contributed by atoms with Gasteiger partial charge in [0.05, 0.1) is 5.92 Å². The summed E-state index contributed by atoms with van der Waals surface area (Å²) in [6, 6.07) is 0.297. The fourth-order valence-electron chi connectivity index (χ4n) is 1.93. The second kappa shape index (κ2) is 4.75. The third-order valence-electron chi connectivity index (χ3n) is 3.18. The van der Waals surface area contributed by atoms with Gasteiger partial charge in [-0.1, -0.05) is 6.92 Å². The van der Waals surface area contributed by atoms with Gasteiger partial charge in [-0.15, -0.1) is 0 Å². The Morgan fingerprint density at radius 1 is 1.57 bits per heavy atom. The van der Waals surface area contributed by atoms with Gasteiger partial charge in [-0.05, 0) is 26.3 Å². The summed E-state index contributed by atoms with van der Waals surface area (Å²) in [4.78, 5) is 13.0. The van der Waals surface area contributed by atoms with Crippen LogP contribution in [0.25, 0.3) is 0 Å². The minimum atomic E-state index is -0.725. The summed E-state index contributed by atoms with van der Waals surface area (Å²) < 4.78 is 0. The number of carboxylic acid groups (broad SMARTS) is 1. The molecule has 3 atom stereocenters. The van der Waals surface area contributed by atoms with Crippen molar-refractivity contribution >= 4 is 5.97 Å². The molecule has 0 spiro atoms. The summed E-state index contributed by atoms with van der Waals surface area (Å²) in [6.07, 6.45) is 2.14. The first kappa shape index (κ1) is 11.5. The van der Waals surface area contributed by atoms with Gasteiger partial charge in [0.1, 0.15) is 0 Å². The average Bonchev–Trinajstić information content (AvgIpc) is 2.15. The standard InChI is InChI=1S/C10H20N2O2/c1-7(10(13)14)8(2)12-5-3-4-9(11)6-12/h7-9H,3-6,11H2,1-2H3,(H,13,14)/t7?,8?,9-/m1/s1. The van der Waals surface area contributed by atoms with E-state index in [0.717, 1.165) is 25.9 Å². The number of nitrogens with zero attached hydrogens (tertiary/aromatic N) is 1. The first-order valence-corrected chi connectivity index (χ1v) is 5.24. The molecule has 0 aromatic rings. The van der Waals surface area contributed by atoms with Crippen molar-refractivity contribution in [3.63, 3.8) is 0 Å². The minimum Gasteiger partial charge on any atom is -0.481 e. The second-order valence-electron chi connectivity index (χ2n) is 4.26. The van der Waals surface area contributed by atoms with Crippen LogP contribution in [0.5, 0.6) is 0 Å². The monoisotopic (exact) mass is 200 g/mol. The first-order chi connectivity index (χ1) is 6.52. The number of carbonyl (C=O) groups is 1. The Hall–Kier alpha value is -0.610. The lowest BCUT2D eigenvalue weighted by molar-refractivity contribution is -0.143. The van der Waals surface area contributed by atoms with Gasteiger partial charge in [0.25, 0.3) is 0 Å². The normalized spacial score (nSPS) is 28.4. The van der Waals surface area contributed by atoms with E-state index in [1.165, 1.54) is 0 Å². The molecule has 82 valence electrons. The van der Waals surface area contributed by atoms with E-state index in [1.54, 1.807) is 6.92 Å². The van der Waals surface area contributed by atoms with Crippen LogP contribution in [-0.4, -0.2) is 41.1 Å². The van der Waals surface area contributed by atoms with Crippen molar-refractivity contribution < 1.29 is 9.90 Å². The predicted octanol–water partition coefficient (Wildman–Crippen LogP) is 0.519. The number of nitrogens with two attached hydrogens (primary N) is 1. The second-order valence-corrected chi connectivity index (χ2v) is 4.26. The summed E-state index contributed by atoms with van der Waals surface area (Å²) in [7, 11) is 0. The molecule has 1 heterocycles. The van der Waals surface area contributed by atoms with Crippen molar-refractivity contribution in [3.8, 4) is 0 Å². The zero-order valence-electron chi connectivity index (χ0n) is 8.94. The Balaban J connectivity index is 2.50. The highest BCUT2D eigenvalue weighted by Gasteiger charge is 2.28. The summed E-state index contributed by atoms with van der Waals surface area (Å²) in [5, 5.41) is 8.89. The van der Waals surface area contributed by atoms with Crippen LogP contribution in [0.2, 0.25) is 0 Å². The lowest BCUT2D eigenvalue weighted by atomic mass is 9.98. The van der Waals surface area contributed by atoms with Gasteiger partial charge >= 0.3 is 5.97 Å². The summed E-state index contributed by atoms with van der Waals surface area (Å²) in [6.45, 7) is 5.54. The molecule has 0 aromatic heterocycles. The largest absolute Gasteiger partial charge is 0.481 e. The zero-order valence-corrected chi connectivity index (χ0v) is 8.94. The van der Waals surface area contributed by atoms with Gasteiger partial charge in [-0.3, -0.25) is 9.69 Å². The Morgan fingerprint density at radius 3 is 2.71 bits per heavy atom. The van der Waals surface area contributed by atoms with Crippen molar-refractivity contribution in [2.75, 3.05) is 13.1 Å². The van der Waals surface area contributed by atoms with E-state index in [9.17, 15) is 4.79 Å². The third-order valence-corrected chi connectivity index (χ3v) is 3.18. The molecule has 0 amide bonds. The van der Waals surface area contributed by atoms with Crippen LogP contribution < -0.4 is 5.73 Å². The number of carboxylic acids is 1. The molecule has 1 saturated heterocycles. The molecule has 1 fully saturated rings. The molecule has 0 saturated carbocycles. The molecule has 0 radical (unpaired) electrons. The first-order valence-electron chi connectivity index (χ1n) is 5.24. The van der Waals surface area contributed by atoms with E-state index in [-0.39, 0.29) is 18.0 Å². The lowest BCUT2D eigenvalue weighted by Gasteiger charge is -2.36. The van der Waals surface area contributed by atoms with E-state index in [2.05, 4.69) is 4.90 Å². The Kier molecular flexibility index (Phi) is 3.89. The van der Waals surface area contributed by atoms with Crippen LogP contribution >= 0.6 is 0 Å². The average molecular weight is 200 g/mol. The maximum Gasteiger partial charge on any atom is 0.307 e. The van der Waals surface area contributed by atoms with Gasteiger partial charge in [0.15, 0.2) is 0 Å². The topological polar surface area (TPSA) is 66.6 Å². The maximum absolute atomic E-state index is 10.8.